The number of likely N-dealkylation sites (tertiary alicyclic amines) is 1. The highest BCUT2D eigenvalue weighted by atomic mass is 15.2. The highest BCUT2D eigenvalue weighted by Crippen LogP contribution is 2.28. The van der Waals surface area contributed by atoms with Crippen LogP contribution in [0, 0.1) is 0 Å². The Labute approximate surface area is 131 Å². The zero-order valence-corrected chi connectivity index (χ0v) is 13.2. The predicted molar refractivity (Wildman–Crippen MR) is 86.9 cm³/mol. The molecule has 118 valence electrons. The average Bonchev–Trinajstić information content (AvgIpc) is 3.27. The second kappa shape index (κ2) is 5.83. The van der Waals surface area contributed by atoms with E-state index in [1.165, 1.54) is 38.6 Å². The van der Waals surface area contributed by atoms with E-state index in [0.29, 0.717) is 6.04 Å². The van der Waals surface area contributed by atoms with Crippen molar-refractivity contribution in [3.63, 3.8) is 0 Å². The van der Waals surface area contributed by atoms with Crippen molar-refractivity contribution >= 4 is 17.0 Å². The fourth-order valence-electron chi connectivity index (χ4n) is 3.92. The molecule has 2 aromatic rings. The Kier molecular flexibility index (Phi) is 3.70. The minimum Gasteiger partial charge on any atom is -0.364 e. The topological polar surface area (TPSA) is 58.9 Å². The second-order valence-electron chi connectivity index (χ2n) is 6.49. The van der Waals surface area contributed by atoms with Gasteiger partial charge in [-0.1, -0.05) is 12.8 Å². The molecule has 0 amide bonds. The standard InChI is InChI=1S/C16H24N6/c1-2-21-11-19-14-15(17-10-18-16(14)21)20-12-7-8-22(9-12)13-5-3-4-6-13/h10-13H,2-9H2,1H3,(H,17,18,20). The van der Waals surface area contributed by atoms with E-state index in [4.69, 9.17) is 0 Å². The molecule has 3 heterocycles. The molecule has 22 heavy (non-hydrogen) atoms. The molecule has 1 saturated carbocycles. The van der Waals surface area contributed by atoms with Crippen LogP contribution in [0.2, 0.25) is 0 Å². The molecular formula is C16H24N6. The van der Waals surface area contributed by atoms with Crippen LogP contribution in [0.1, 0.15) is 39.0 Å². The van der Waals surface area contributed by atoms with Gasteiger partial charge in [0.25, 0.3) is 0 Å². The maximum absolute atomic E-state index is 4.49. The molecule has 0 spiro atoms. The van der Waals surface area contributed by atoms with Crippen LogP contribution in [0.15, 0.2) is 12.7 Å². The number of hydrogen-bond donors (Lipinski definition) is 1. The Bertz CT molecular complexity index is 645. The van der Waals surface area contributed by atoms with Gasteiger partial charge in [0.05, 0.1) is 6.33 Å². The first kappa shape index (κ1) is 13.9. The van der Waals surface area contributed by atoms with Gasteiger partial charge in [0.1, 0.15) is 11.8 Å². The van der Waals surface area contributed by atoms with E-state index in [9.17, 15) is 0 Å². The van der Waals surface area contributed by atoms with E-state index in [1.54, 1.807) is 6.33 Å². The third-order valence-electron chi connectivity index (χ3n) is 5.14. The van der Waals surface area contributed by atoms with Gasteiger partial charge >= 0.3 is 0 Å². The molecule has 0 bridgehead atoms. The lowest BCUT2D eigenvalue weighted by molar-refractivity contribution is 0.245. The molecule has 6 heteroatoms. The molecule has 1 aliphatic carbocycles. The lowest BCUT2D eigenvalue weighted by atomic mass is 10.2. The van der Waals surface area contributed by atoms with Gasteiger partial charge in [0, 0.05) is 31.7 Å². The van der Waals surface area contributed by atoms with Crippen molar-refractivity contribution in [1.82, 2.24) is 24.4 Å². The van der Waals surface area contributed by atoms with E-state index < -0.39 is 0 Å². The first-order valence-electron chi connectivity index (χ1n) is 8.51. The molecule has 2 aliphatic rings. The Morgan fingerprint density at radius 2 is 2.05 bits per heavy atom. The zero-order chi connectivity index (χ0) is 14.9. The molecule has 1 N–H and O–H groups in total. The van der Waals surface area contributed by atoms with E-state index in [2.05, 4.69) is 36.7 Å². The number of anilines is 1. The van der Waals surface area contributed by atoms with Crippen LogP contribution in [0.25, 0.3) is 11.2 Å². The van der Waals surface area contributed by atoms with Gasteiger partial charge < -0.3 is 9.88 Å². The molecule has 1 atom stereocenters. The number of hydrogen-bond acceptors (Lipinski definition) is 5. The van der Waals surface area contributed by atoms with Gasteiger partial charge in [-0.25, -0.2) is 15.0 Å². The molecule has 1 aliphatic heterocycles. The number of imidazole rings is 1. The summed E-state index contributed by atoms with van der Waals surface area (Å²) in [6, 6.07) is 1.29. The van der Waals surface area contributed by atoms with Gasteiger partial charge in [-0.2, -0.15) is 0 Å². The normalized spacial score (nSPS) is 23.6. The van der Waals surface area contributed by atoms with Crippen molar-refractivity contribution in [3.8, 4) is 0 Å². The molecule has 2 aromatic heterocycles. The summed E-state index contributed by atoms with van der Waals surface area (Å²) >= 11 is 0. The minimum absolute atomic E-state index is 0.477. The number of rotatable bonds is 4. The smallest absolute Gasteiger partial charge is 0.165 e. The Balaban J connectivity index is 1.48. The van der Waals surface area contributed by atoms with Gasteiger partial charge in [0.15, 0.2) is 11.5 Å². The molecule has 1 unspecified atom stereocenters. The molecule has 2 fully saturated rings. The summed E-state index contributed by atoms with van der Waals surface area (Å²) in [4.78, 5) is 15.9. The third-order valence-corrected chi connectivity index (χ3v) is 5.14. The van der Waals surface area contributed by atoms with Crippen LogP contribution in [-0.4, -0.2) is 49.6 Å². The monoisotopic (exact) mass is 300 g/mol. The Hall–Kier alpha value is -1.69. The average molecular weight is 300 g/mol. The summed E-state index contributed by atoms with van der Waals surface area (Å²) in [6.07, 6.45) is 10.2. The first-order chi connectivity index (χ1) is 10.8. The molecule has 0 aromatic carbocycles. The van der Waals surface area contributed by atoms with Crippen LogP contribution < -0.4 is 5.32 Å². The van der Waals surface area contributed by atoms with Gasteiger partial charge in [0.2, 0.25) is 0 Å². The maximum Gasteiger partial charge on any atom is 0.165 e. The van der Waals surface area contributed by atoms with Crippen molar-refractivity contribution in [3.05, 3.63) is 12.7 Å². The lowest BCUT2D eigenvalue weighted by Gasteiger charge is -2.23. The maximum atomic E-state index is 4.49. The molecule has 0 radical (unpaired) electrons. The molecule has 4 rings (SSSR count). The van der Waals surface area contributed by atoms with Crippen molar-refractivity contribution in [1.29, 1.82) is 0 Å². The predicted octanol–water partition coefficient (Wildman–Crippen LogP) is 2.28. The van der Waals surface area contributed by atoms with Gasteiger partial charge in [-0.05, 0) is 26.2 Å². The summed E-state index contributed by atoms with van der Waals surface area (Å²) in [7, 11) is 0. The van der Waals surface area contributed by atoms with Gasteiger partial charge in [-0.3, -0.25) is 4.90 Å². The van der Waals surface area contributed by atoms with Crippen molar-refractivity contribution in [2.75, 3.05) is 18.4 Å². The van der Waals surface area contributed by atoms with Crippen molar-refractivity contribution < 1.29 is 0 Å². The Morgan fingerprint density at radius 3 is 2.86 bits per heavy atom. The van der Waals surface area contributed by atoms with E-state index in [0.717, 1.165) is 36.1 Å². The van der Waals surface area contributed by atoms with Gasteiger partial charge in [-0.15, -0.1) is 0 Å². The highest BCUT2D eigenvalue weighted by molar-refractivity contribution is 5.82. The number of aryl methyl sites for hydroxylation is 1. The van der Waals surface area contributed by atoms with Crippen LogP contribution in [-0.2, 0) is 6.54 Å². The largest absolute Gasteiger partial charge is 0.364 e. The van der Waals surface area contributed by atoms with Crippen LogP contribution >= 0.6 is 0 Å². The number of fused-ring (bicyclic) bond motifs is 1. The van der Waals surface area contributed by atoms with Crippen LogP contribution in [0.5, 0.6) is 0 Å². The number of nitrogens with one attached hydrogen (secondary N) is 1. The summed E-state index contributed by atoms with van der Waals surface area (Å²) in [5.41, 5.74) is 1.81. The van der Waals surface area contributed by atoms with Crippen molar-refractivity contribution in [2.45, 2.75) is 57.7 Å². The zero-order valence-electron chi connectivity index (χ0n) is 13.2. The first-order valence-corrected chi connectivity index (χ1v) is 8.51. The third kappa shape index (κ3) is 2.45. The van der Waals surface area contributed by atoms with Crippen LogP contribution in [0.4, 0.5) is 5.82 Å². The fraction of sp³-hybridized carbons (Fsp3) is 0.688. The second-order valence-corrected chi connectivity index (χ2v) is 6.49. The SMILES string of the molecule is CCn1cnc2c(NC3CCN(C4CCCC4)C3)ncnc21. The van der Waals surface area contributed by atoms with Crippen LogP contribution in [0.3, 0.4) is 0 Å². The minimum atomic E-state index is 0.477. The summed E-state index contributed by atoms with van der Waals surface area (Å²) in [5.74, 6) is 0.885. The summed E-state index contributed by atoms with van der Waals surface area (Å²) < 4.78 is 2.06. The quantitative estimate of drug-likeness (QED) is 0.938. The number of nitrogens with zero attached hydrogens (tertiary/aromatic N) is 5. The molecule has 1 saturated heterocycles. The Morgan fingerprint density at radius 1 is 1.18 bits per heavy atom. The summed E-state index contributed by atoms with van der Waals surface area (Å²) in [6.45, 7) is 5.32. The molecule has 6 nitrogen and oxygen atoms in total. The summed E-state index contributed by atoms with van der Waals surface area (Å²) in [5, 5.41) is 3.61. The van der Waals surface area contributed by atoms with E-state index >= 15 is 0 Å². The van der Waals surface area contributed by atoms with E-state index in [-0.39, 0.29) is 0 Å². The number of aromatic nitrogens is 4. The van der Waals surface area contributed by atoms with E-state index in [1.807, 2.05) is 6.33 Å². The fourth-order valence-corrected chi connectivity index (χ4v) is 3.92. The molecular weight excluding hydrogens is 276 g/mol. The highest BCUT2D eigenvalue weighted by Gasteiger charge is 2.30. The lowest BCUT2D eigenvalue weighted by Crippen LogP contribution is -2.33. The van der Waals surface area contributed by atoms with Crippen molar-refractivity contribution in [2.24, 2.45) is 0 Å².